The highest BCUT2D eigenvalue weighted by Gasteiger charge is 2.31. The minimum absolute atomic E-state index is 0.0859. The predicted octanol–water partition coefficient (Wildman–Crippen LogP) is 2.14. The molecule has 0 spiro atoms. The molecule has 0 unspecified atom stereocenters. The topological polar surface area (TPSA) is 64.3 Å². The van der Waals surface area contributed by atoms with Crippen molar-refractivity contribution in [2.45, 2.75) is 44.9 Å². The van der Waals surface area contributed by atoms with E-state index in [4.69, 9.17) is 10.5 Å². The average Bonchev–Trinajstić information content (AvgIpc) is 2.54. The van der Waals surface area contributed by atoms with Crippen molar-refractivity contribution in [3.05, 3.63) is 35.4 Å². The van der Waals surface area contributed by atoms with Crippen molar-refractivity contribution in [1.82, 2.24) is 5.32 Å². The first-order valence-corrected chi connectivity index (χ1v) is 6.20. The van der Waals surface area contributed by atoms with Gasteiger partial charge in [0.05, 0.1) is 12.1 Å². The van der Waals surface area contributed by atoms with E-state index in [2.05, 4.69) is 5.32 Å². The van der Waals surface area contributed by atoms with Crippen molar-refractivity contribution < 1.29 is 9.53 Å². The van der Waals surface area contributed by atoms with E-state index < -0.39 is 11.7 Å². The van der Waals surface area contributed by atoms with Crippen molar-refractivity contribution in [3.8, 4) is 0 Å². The van der Waals surface area contributed by atoms with Crippen molar-refractivity contribution in [2.75, 3.05) is 0 Å². The Morgan fingerprint density at radius 3 is 2.67 bits per heavy atom. The van der Waals surface area contributed by atoms with Gasteiger partial charge in [-0.1, -0.05) is 24.3 Å². The summed E-state index contributed by atoms with van der Waals surface area (Å²) in [5.41, 5.74) is 7.96. The number of rotatable bonds is 1. The Labute approximate surface area is 108 Å². The molecule has 1 amide bonds. The summed E-state index contributed by atoms with van der Waals surface area (Å²) in [5.74, 6) is 0. The van der Waals surface area contributed by atoms with Gasteiger partial charge in [-0.2, -0.15) is 0 Å². The number of nitrogens with one attached hydrogen (secondary N) is 1. The second-order valence-corrected chi connectivity index (χ2v) is 5.68. The van der Waals surface area contributed by atoms with Gasteiger partial charge < -0.3 is 15.8 Å². The fraction of sp³-hybridized carbons (Fsp3) is 0.500. The van der Waals surface area contributed by atoms with E-state index in [1.807, 2.05) is 45.0 Å². The Hall–Kier alpha value is -1.55. The van der Waals surface area contributed by atoms with Crippen LogP contribution in [0.3, 0.4) is 0 Å². The number of nitrogens with two attached hydrogens (primary N) is 1. The summed E-state index contributed by atoms with van der Waals surface area (Å²) in [6.07, 6.45) is 0.354. The van der Waals surface area contributed by atoms with Gasteiger partial charge in [-0.3, -0.25) is 0 Å². The van der Waals surface area contributed by atoms with Crippen molar-refractivity contribution >= 4 is 6.09 Å². The number of ether oxygens (including phenoxy) is 1. The van der Waals surface area contributed by atoms with Gasteiger partial charge in [0.15, 0.2) is 0 Å². The highest BCUT2D eigenvalue weighted by Crippen LogP contribution is 2.29. The van der Waals surface area contributed by atoms with E-state index >= 15 is 0 Å². The second kappa shape index (κ2) is 4.61. The highest BCUT2D eigenvalue weighted by atomic mass is 16.6. The van der Waals surface area contributed by atoms with Crippen LogP contribution >= 0.6 is 0 Å². The smallest absolute Gasteiger partial charge is 0.407 e. The van der Waals surface area contributed by atoms with Crippen LogP contribution < -0.4 is 11.1 Å². The van der Waals surface area contributed by atoms with Crippen LogP contribution in [0.5, 0.6) is 0 Å². The third kappa shape index (κ3) is 2.82. The zero-order chi connectivity index (χ0) is 13.3. The second-order valence-electron chi connectivity index (χ2n) is 5.68. The number of benzene rings is 1. The molecule has 4 heteroatoms. The van der Waals surface area contributed by atoms with E-state index in [0.717, 1.165) is 12.0 Å². The Balaban J connectivity index is 2.00. The summed E-state index contributed by atoms with van der Waals surface area (Å²) in [6.45, 7) is 5.53. The lowest BCUT2D eigenvalue weighted by Crippen LogP contribution is -2.43. The van der Waals surface area contributed by atoms with E-state index in [0.29, 0.717) is 0 Å². The largest absolute Gasteiger partial charge is 0.444 e. The van der Waals surface area contributed by atoms with Crippen LogP contribution in [0.2, 0.25) is 0 Å². The summed E-state index contributed by atoms with van der Waals surface area (Å²) in [7, 11) is 0. The normalized spacial score (nSPS) is 22.4. The van der Waals surface area contributed by atoms with Gasteiger partial charge in [0.2, 0.25) is 0 Å². The Morgan fingerprint density at radius 1 is 1.39 bits per heavy atom. The zero-order valence-corrected chi connectivity index (χ0v) is 11.1. The molecule has 3 N–H and O–H groups in total. The van der Waals surface area contributed by atoms with Crippen LogP contribution in [-0.4, -0.2) is 17.7 Å². The summed E-state index contributed by atoms with van der Waals surface area (Å²) in [4.78, 5) is 11.7. The molecule has 98 valence electrons. The molecular weight excluding hydrogens is 228 g/mol. The lowest BCUT2D eigenvalue weighted by Gasteiger charge is -2.23. The first-order valence-electron chi connectivity index (χ1n) is 6.20. The molecule has 0 radical (unpaired) electrons. The minimum atomic E-state index is -0.486. The minimum Gasteiger partial charge on any atom is -0.444 e. The monoisotopic (exact) mass is 248 g/mol. The summed E-state index contributed by atoms with van der Waals surface area (Å²) in [5, 5.41) is 2.85. The molecular formula is C14H20N2O2. The van der Waals surface area contributed by atoms with Gasteiger partial charge in [0, 0.05) is 0 Å². The fourth-order valence-corrected chi connectivity index (χ4v) is 2.23. The quantitative estimate of drug-likeness (QED) is 0.800. The molecule has 0 aliphatic heterocycles. The molecule has 2 rings (SSSR count). The maximum absolute atomic E-state index is 11.7. The van der Waals surface area contributed by atoms with Crippen LogP contribution in [0.25, 0.3) is 0 Å². The lowest BCUT2D eigenvalue weighted by molar-refractivity contribution is 0.0500. The number of hydrogen-bond donors (Lipinski definition) is 2. The predicted molar refractivity (Wildman–Crippen MR) is 70.2 cm³/mol. The highest BCUT2D eigenvalue weighted by molar-refractivity contribution is 5.68. The molecule has 0 aromatic heterocycles. The van der Waals surface area contributed by atoms with E-state index in [1.165, 1.54) is 5.56 Å². The Bertz CT molecular complexity index is 451. The third-order valence-electron chi connectivity index (χ3n) is 2.99. The average molecular weight is 248 g/mol. The summed E-state index contributed by atoms with van der Waals surface area (Å²) < 4.78 is 5.24. The number of hydrogen-bond acceptors (Lipinski definition) is 3. The van der Waals surface area contributed by atoms with Crippen LogP contribution in [0.1, 0.15) is 37.9 Å². The summed E-state index contributed by atoms with van der Waals surface area (Å²) in [6, 6.07) is 7.77. The van der Waals surface area contributed by atoms with Crippen molar-refractivity contribution in [1.29, 1.82) is 0 Å². The molecule has 1 aliphatic carbocycles. The van der Waals surface area contributed by atoms with Gasteiger partial charge in [0.1, 0.15) is 5.60 Å². The standard InChI is InChI=1S/C14H20N2O2/c1-14(2,3)18-13(17)16-11-8-9-6-4-5-7-10(9)12(11)15/h4-7,11-12H,8,15H2,1-3H3,(H,16,17)/t11-,12+/m1/s1. The van der Waals surface area contributed by atoms with E-state index in [9.17, 15) is 4.79 Å². The molecule has 0 heterocycles. The molecule has 0 saturated heterocycles. The fourth-order valence-electron chi connectivity index (χ4n) is 2.23. The van der Waals surface area contributed by atoms with Gasteiger partial charge in [0.25, 0.3) is 0 Å². The summed E-state index contributed by atoms with van der Waals surface area (Å²) >= 11 is 0. The first-order chi connectivity index (χ1) is 8.37. The SMILES string of the molecule is CC(C)(C)OC(=O)N[C@@H]1Cc2ccccc2[C@@H]1N. The first kappa shape index (κ1) is 12.9. The Morgan fingerprint density at radius 2 is 2.06 bits per heavy atom. The Kier molecular flexibility index (Phi) is 3.30. The molecule has 18 heavy (non-hydrogen) atoms. The molecule has 2 atom stereocenters. The third-order valence-corrected chi connectivity index (χ3v) is 2.99. The molecule has 1 aliphatic rings. The number of alkyl carbamates (subject to hydrolysis) is 1. The van der Waals surface area contributed by atoms with Crippen LogP contribution in [0.15, 0.2) is 24.3 Å². The van der Waals surface area contributed by atoms with Crippen LogP contribution in [-0.2, 0) is 11.2 Å². The van der Waals surface area contributed by atoms with Gasteiger partial charge in [-0.05, 0) is 38.3 Å². The van der Waals surface area contributed by atoms with E-state index in [-0.39, 0.29) is 12.1 Å². The van der Waals surface area contributed by atoms with Crippen molar-refractivity contribution in [2.24, 2.45) is 5.73 Å². The maximum Gasteiger partial charge on any atom is 0.407 e. The molecule has 1 aromatic rings. The molecule has 4 nitrogen and oxygen atoms in total. The molecule has 0 saturated carbocycles. The molecule has 0 fully saturated rings. The molecule has 0 bridgehead atoms. The van der Waals surface area contributed by atoms with Crippen molar-refractivity contribution in [3.63, 3.8) is 0 Å². The lowest BCUT2D eigenvalue weighted by atomic mass is 10.1. The zero-order valence-electron chi connectivity index (χ0n) is 11.1. The van der Waals surface area contributed by atoms with Gasteiger partial charge in [-0.15, -0.1) is 0 Å². The van der Waals surface area contributed by atoms with E-state index in [1.54, 1.807) is 0 Å². The number of carbonyl (C=O) groups excluding carboxylic acids is 1. The van der Waals surface area contributed by atoms with Crippen LogP contribution in [0, 0.1) is 0 Å². The van der Waals surface area contributed by atoms with Gasteiger partial charge in [-0.25, -0.2) is 4.79 Å². The number of carbonyl (C=O) groups is 1. The number of fused-ring (bicyclic) bond motifs is 1. The number of amides is 1. The van der Waals surface area contributed by atoms with Crippen LogP contribution in [0.4, 0.5) is 4.79 Å². The maximum atomic E-state index is 11.7. The molecule has 1 aromatic carbocycles. The van der Waals surface area contributed by atoms with Gasteiger partial charge >= 0.3 is 6.09 Å².